The van der Waals surface area contributed by atoms with E-state index in [0.29, 0.717) is 36.1 Å². The maximum absolute atomic E-state index is 12.5. The van der Waals surface area contributed by atoms with Crippen molar-refractivity contribution in [1.29, 1.82) is 0 Å². The lowest BCUT2D eigenvalue weighted by molar-refractivity contribution is 0.237. The number of fused-ring (bicyclic) bond motifs is 1. The van der Waals surface area contributed by atoms with Crippen molar-refractivity contribution in [3.8, 4) is 17.1 Å². The Morgan fingerprint density at radius 2 is 2.00 bits per heavy atom. The van der Waals surface area contributed by atoms with Crippen molar-refractivity contribution in [2.45, 2.75) is 26.4 Å². The number of aromatic amines is 1. The van der Waals surface area contributed by atoms with E-state index in [1.54, 1.807) is 18.2 Å². The molecule has 138 valence electrons. The molecule has 0 saturated heterocycles. The number of halogens is 1. The Labute approximate surface area is 162 Å². The Bertz CT molecular complexity index is 1040. The molecular weight excluding hydrogens is 362 g/mol. The second-order valence-corrected chi connectivity index (χ2v) is 7.38. The molecule has 2 heterocycles. The maximum atomic E-state index is 12.5. The molecule has 0 unspecified atom stereocenters. The molecule has 27 heavy (non-hydrogen) atoms. The smallest absolute Gasteiger partial charge is 0.254 e. The summed E-state index contributed by atoms with van der Waals surface area (Å²) in [6.07, 6.45) is 0.644. The quantitative estimate of drug-likeness (QED) is 0.726. The van der Waals surface area contributed by atoms with Crippen molar-refractivity contribution in [2.24, 2.45) is 0 Å². The van der Waals surface area contributed by atoms with Crippen LogP contribution in [0.25, 0.3) is 11.4 Å². The number of hydrogen-bond donors (Lipinski definition) is 2. The van der Waals surface area contributed by atoms with E-state index in [0.717, 1.165) is 34.5 Å². The van der Waals surface area contributed by atoms with Crippen LogP contribution in [0.2, 0.25) is 5.02 Å². The first-order valence-corrected chi connectivity index (χ1v) is 9.26. The van der Waals surface area contributed by atoms with E-state index in [-0.39, 0.29) is 5.56 Å². The molecule has 6 heteroatoms. The largest absolute Gasteiger partial charge is 0.508 e. The molecule has 1 aliphatic rings. The lowest BCUT2D eigenvalue weighted by Gasteiger charge is -2.28. The fourth-order valence-corrected chi connectivity index (χ4v) is 3.58. The topological polar surface area (TPSA) is 69.2 Å². The van der Waals surface area contributed by atoms with Gasteiger partial charge in [0, 0.05) is 41.3 Å². The second kappa shape index (κ2) is 7.18. The highest BCUT2D eigenvalue weighted by molar-refractivity contribution is 6.30. The molecule has 0 amide bonds. The van der Waals surface area contributed by atoms with Crippen LogP contribution in [0.1, 0.15) is 22.4 Å². The summed E-state index contributed by atoms with van der Waals surface area (Å²) in [5, 5.41) is 10.8. The van der Waals surface area contributed by atoms with Crippen molar-refractivity contribution in [1.82, 2.24) is 14.9 Å². The van der Waals surface area contributed by atoms with Crippen LogP contribution in [0.4, 0.5) is 0 Å². The minimum Gasteiger partial charge on any atom is -0.508 e. The third-order valence-electron chi connectivity index (χ3n) is 4.90. The molecule has 5 nitrogen and oxygen atoms in total. The number of aryl methyl sites for hydroxylation is 1. The summed E-state index contributed by atoms with van der Waals surface area (Å²) in [7, 11) is 0. The van der Waals surface area contributed by atoms with Crippen LogP contribution in [-0.4, -0.2) is 26.5 Å². The van der Waals surface area contributed by atoms with Gasteiger partial charge in [0.05, 0.1) is 5.69 Å². The van der Waals surface area contributed by atoms with Crippen LogP contribution in [-0.2, 0) is 19.5 Å². The Morgan fingerprint density at radius 3 is 2.78 bits per heavy atom. The van der Waals surface area contributed by atoms with Crippen LogP contribution >= 0.6 is 11.6 Å². The van der Waals surface area contributed by atoms with Gasteiger partial charge in [-0.25, -0.2) is 4.98 Å². The third kappa shape index (κ3) is 3.75. The highest BCUT2D eigenvalue weighted by atomic mass is 35.5. The summed E-state index contributed by atoms with van der Waals surface area (Å²) in [6, 6.07) is 12.9. The SMILES string of the molecule is Cc1ccc(O)c(CN2CCc3c(nc(-c4ccc(Cl)cc4)[nH]c3=O)C2)c1. The normalized spacial score (nSPS) is 14.1. The zero-order valence-corrected chi connectivity index (χ0v) is 15.8. The van der Waals surface area contributed by atoms with Gasteiger partial charge in [0.2, 0.25) is 0 Å². The van der Waals surface area contributed by atoms with Gasteiger partial charge in [0.1, 0.15) is 11.6 Å². The summed E-state index contributed by atoms with van der Waals surface area (Å²) in [4.78, 5) is 22.3. The van der Waals surface area contributed by atoms with E-state index in [2.05, 4.69) is 9.88 Å². The first kappa shape index (κ1) is 17.8. The van der Waals surface area contributed by atoms with E-state index in [1.165, 1.54) is 0 Å². The fraction of sp³-hybridized carbons (Fsp3) is 0.238. The van der Waals surface area contributed by atoms with Gasteiger partial charge in [-0.3, -0.25) is 9.69 Å². The average Bonchev–Trinajstić information content (AvgIpc) is 2.65. The molecule has 0 saturated carbocycles. The Balaban J connectivity index is 1.62. The summed E-state index contributed by atoms with van der Waals surface area (Å²) >= 11 is 5.95. The molecule has 4 rings (SSSR count). The Kier molecular flexibility index (Phi) is 4.72. The van der Waals surface area contributed by atoms with Gasteiger partial charge in [-0.05, 0) is 43.7 Å². The molecule has 0 atom stereocenters. The zero-order valence-electron chi connectivity index (χ0n) is 15.0. The predicted octanol–water partition coefficient (Wildman–Crippen LogP) is 3.66. The van der Waals surface area contributed by atoms with E-state index in [9.17, 15) is 9.90 Å². The number of hydrogen-bond acceptors (Lipinski definition) is 4. The van der Waals surface area contributed by atoms with Crippen LogP contribution in [0.3, 0.4) is 0 Å². The van der Waals surface area contributed by atoms with E-state index >= 15 is 0 Å². The van der Waals surface area contributed by atoms with Gasteiger partial charge in [0.25, 0.3) is 5.56 Å². The van der Waals surface area contributed by atoms with Gasteiger partial charge in [-0.15, -0.1) is 0 Å². The molecule has 3 aromatic rings. The van der Waals surface area contributed by atoms with Gasteiger partial charge >= 0.3 is 0 Å². The highest BCUT2D eigenvalue weighted by Crippen LogP contribution is 2.24. The van der Waals surface area contributed by atoms with Gasteiger partial charge in [-0.1, -0.05) is 29.3 Å². The Morgan fingerprint density at radius 1 is 1.22 bits per heavy atom. The molecule has 0 radical (unpaired) electrons. The number of H-pyrrole nitrogens is 1. The third-order valence-corrected chi connectivity index (χ3v) is 5.15. The standard InChI is InChI=1S/C21H20ClN3O2/c1-13-2-7-19(26)15(10-13)11-25-9-8-17-18(12-25)23-20(24-21(17)27)14-3-5-16(22)6-4-14/h2-7,10,26H,8-9,11-12H2,1H3,(H,23,24,27). The number of phenols is 1. The zero-order chi connectivity index (χ0) is 19.0. The monoisotopic (exact) mass is 381 g/mol. The molecule has 0 bridgehead atoms. The minimum absolute atomic E-state index is 0.0806. The fourth-order valence-electron chi connectivity index (χ4n) is 3.46. The number of rotatable bonds is 3. The number of aromatic nitrogens is 2. The van der Waals surface area contributed by atoms with Crippen LogP contribution in [0.5, 0.6) is 5.75 Å². The molecule has 2 aromatic carbocycles. The molecule has 0 aliphatic carbocycles. The number of nitrogens with zero attached hydrogens (tertiary/aromatic N) is 2. The van der Waals surface area contributed by atoms with E-state index < -0.39 is 0 Å². The summed E-state index contributed by atoms with van der Waals surface area (Å²) in [5.74, 6) is 0.850. The molecule has 1 aliphatic heterocycles. The van der Waals surface area contributed by atoms with E-state index in [1.807, 2.05) is 31.2 Å². The maximum Gasteiger partial charge on any atom is 0.254 e. The predicted molar refractivity (Wildman–Crippen MR) is 106 cm³/mol. The van der Waals surface area contributed by atoms with Crippen molar-refractivity contribution in [3.63, 3.8) is 0 Å². The lowest BCUT2D eigenvalue weighted by atomic mass is 10.0. The van der Waals surface area contributed by atoms with Crippen LogP contribution < -0.4 is 5.56 Å². The van der Waals surface area contributed by atoms with Gasteiger partial charge < -0.3 is 10.1 Å². The summed E-state index contributed by atoms with van der Waals surface area (Å²) < 4.78 is 0. The highest BCUT2D eigenvalue weighted by Gasteiger charge is 2.22. The van der Waals surface area contributed by atoms with E-state index in [4.69, 9.17) is 16.6 Å². The van der Waals surface area contributed by atoms with Crippen LogP contribution in [0, 0.1) is 6.92 Å². The van der Waals surface area contributed by atoms with Crippen molar-refractivity contribution < 1.29 is 5.11 Å². The molecule has 0 fully saturated rings. The van der Waals surface area contributed by atoms with Crippen molar-refractivity contribution in [2.75, 3.05) is 6.54 Å². The lowest BCUT2D eigenvalue weighted by Crippen LogP contribution is -2.35. The number of benzene rings is 2. The average molecular weight is 382 g/mol. The minimum atomic E-state index is -0.0806. The van der Waals surface area contributed by atoms with Gasteiger partial charge in [-0.2, -0.15) is 0 Å². The molecule has 1 aromatic heterocycles. The number of aromatic hydroxyl groups is 1. The molecular formula is C21H20ClN3O2. The molecule has 0 spiro atoms. The summed E-state index contributed by atoms with van der Waals surface area (Å²) in [5.41, 5.74) is 4.29. The summed E-state index contributed by atoms with van der Waals surface area (Å²) in [6.45, 7) is 3.96. The first-order valence-electron chi connectivity index (χ1n) is 8.88. The second-order valence-electron chi connectivity index (χ2n) is 6.94. The van der Waals surface area contributed by atoms with Crippen molar-refractivity contribution >= 4 is 11.6 Å². The number of nitrogens with one attached hydrogen (secondary N) is 1. The Hall–Kier alpha value is -2.63. The molecule has 2 N–H and O–H groups in total. The first-order chi connectivity index (χ1) is 13.0. The van der Waals surface area contributed by atoms with Crippen LogP contribution in [0.15, 0.2) is 47.3 Å². The number of phenolic OH excluding ortho intramolecular Hbond substituents is 1. The van der Waals surface area contributed by atoms with Gasteiger partial charge in [0.15, 0.2) is 0 Å². The van der Waals surface area contributed by atoms with Crippen molar-refractivity contribution in [3.05, 3.63) is 80.2 Å².